The molecule has 1 amide bonds. The number of hydrogen-bond acceptors (Lipinski definition) is 4. The largest absolute Gasteiger partial charge is 0.471 e. The summed E-state index contributed by atoms with van der Waals surface area (Å²) in [4.78, 5) is 10.7. The van der Waals surface area contributed by atoms with Crippen LogP contribution in [0.25, 0.3) is 0 Å². The number of benzene rings is 1. The fourth-order valence-electron chi connectivity index (χ4n) is 1.17. The van der Waals surface area contributed by atoms with Gasteiger partial charge in [-0.05, 0) is 24.3 Å². The summed E-state index contributed by atoms with van der Waals surface area (Å²) >= 11 is 0. The molecule has 4 N–H and O–H groups in total. The summed E-state index contributed by atoms with van der Waals surface area (Å²) in [6, 6.07) is 5.46. The average Bonchev–Trinajstić information content (AvgIpc) is 2.36. The fourth-order valence-corrected chi connectivity index (χ4v) is 1.17. The van der Waals surface area contributed by atoms with Crippen LogP contribution in [0.2, 0.25) is 0 Å². The predicted octanol–water partition coefficient (Wildman–Crippen LogP) is 0.952. The van der Waals surface area contributed by atoms with E-state index in [0.29, 0.717) is 5.69 Å². The van der Waals surface area contributed by atoms with Crippen molar-refractivity contribution in [2.24, 2.45) is 0 Å². The first-order valence-electron chi connectivity index (χ1n) is 5.34. The lowest BCUT2D eigenvalue weighted by atomic mass is 10.2. The van der Waals surface area contributed by atoms with Crippen molar-refractivity contribution in [2.75, 3.05) is 23.8 Å². The molecule has 0 fully saturated rings. The van der Waals surface area contributed by atoms with Gasteiger partial charge in [0.05, 0.1) is 12.7 Å². The Kier molecular flexibility index (Phi) is 5.13. The monoisotopic (exact) mass is 278 g/mol. The van der Waals surface area contributed by atoms with E-state index in [2.05, 4.69) is 5.32 Å². The lowest BCUT2D eigenvalue weighted by Crippen LogP contribution is -2.29. The molecule has 0 aliphatic carbocycles. The molecule has 8 heteroatoms. The van der Waals surface area contributed by atoms with E-state index in [9.17, 15) is 18.0 Å². The number of halogens is 3. The van der Waals surface area contributed by atoms with Crippen molar-refractivity contribution in [1.82, 2.24) is 0 Å². The Morgan fingerprint density at radius 3 is 2.21 bits per heavy atom. The Bertz CT molecular complexity index is 420. The number of rotatable bonds is 5. The van der Waals surface area contributed by atoms with Gasteiger partial charge in [-0.3, -0.25) is 4.79 Å². The minimum Gasteiger partial charge on any atom is -0.394 e. The molecule has 1 unspecified atom stereocenters. The molecule has 5 nitrogen and oxygen atoms in total. The summed E-state index contributed by atoms with van der Waals surface area (Å²) in [5.74, 6) is -2.04. The van der Waals surface area contributed by atoms with Crippen molar-refractivity contribution in [3.63, 3.8) is 0 Å². The molecule has 106 valence electrons. The summed E-state index contributed by atoms with van der Waals surface area (Å²) in [5, 5.41) is 22.1. The van der Waals surface area contributed by atoms with Gasteiger partial charge in [0.25, 0.3) is 0 Å². The van der Waals surface area contributed by atoms with Crippen LogP contribution in [0.15, 0.2) is 24.3 Å². The molecule has 19 heavy (non-hydrogen) atoms. The molecular weight excluding hydrogens is 265 g/mol. The molecule has 1 atom stereocenters. The van der Waals surface area contributed by atoms with Crippen molar-refractivity contribution in [1.29, 1.82) is 0 Å². The SMILES string of the molecule is O=C(Nc1ccc(NCC(O)CO)cc1)C(F)(F)F. The zero-order chi connectivity index (χ0) is 14.5. The highest BCUT2D eigenvalue weighted by molar-refractivity contribution is 5.95. The molecule has 0 saturated carbocycles. The second-order valence-electron chi connectivity index (χ2n) is 3.75. The molecule has 0 bridgehead atoms. The van der Waals surface area contributed by atoms with E-state index in [1.165, 1.54) is 24.3 Å². The van der Waals surface area contributed by atoms with Crippen LogP contribution in [-0.4, -0.2) is 41.6 Å². The lowest BCUT2D eigenvalue weighted by Gasteiger charge is -2.11. The Labute approximate surface area is 107 Å². The van der Waals surface area contributed by atoms with Gasteiger partial charge in [0.2, 0.25) is 0 Å². The van der Waals surface area contributed by atoms with Gasteiger partial charge in [-0.15, -0.1) is 0 Å². The van der Waals surface area contributed by atoms with Crippen molar-refractivity contribution in [3.8, 4) is 0 Å². The number of amides is 1. The van der Waals surface area contributed by atoms with Crippen LogP contribution in [0.3, 0.4) is 0 Å². The van der Waals surface area contributed by atoms with Crippen LogP contribution in [0.5, 0.6) is 0 Å². The van der Waals surface area contributed by atoms with E-state index < -0.39 is 24.8 Å². The molecule has 0 saturated heterocycles. The van der Waals surface area contributed by atoms with Gasteiger partial charge in [-0.1, -0.05) is 0 Å². The third kappa shape index (κ3) is 5.14. The summed E-state index contributed by atoms with van der Waals surface area (Å²) in [6.45, 7) is -0.294. The number of anilines is 2. The molecular formula is C11H13F3N2O3. The van der Waals surface area contributed by atoms with Gasteiger partial charge in [0.15, 0.2) is 0 Å². The number of aliphatic hydroxyl groups excluding tert-OH is 2. The van der Waals surface area contributed by atoms with Crippen LogP contribution in [0.1, 0.15) is 0 Å². The molecule has 0 radical (unpaired) electrons. The zero-order valence-electron chi connectivity index (χ0n) is 9.74. The van der Waals surface area contributed by atoms with Gasteiger partial charge >= 0.3 is 12.1 Å². The van der Waals surface area contributed by atoms with Crippen LogP contribution in [0, 0.1) is 0 Å². The topological polar surface area (TPSA) is 81.6 Å². The van der Waals surface area contributed by atoms with E-state index in [1.807, 2.05) is 0 Å². The first-order chi connectivity index (χ1) is 8.82. The molecule has 0 aromatic heterocycles. The normalized spacial score (nSPS) is 12.9. The van der Waals surface area contributed by atoms with Gasteiger partial charge in [0, 0.05) is 17.9 Å². The predicted molar refractivity (Wildman–Crippen MR) is 62.7 cm³/mol. The fraction of sp³-hybridized carbons (Fsp3) is 0.364. The minimum absolute atomic E-state index is 0.00980. The Morgan fingerprint density at radius 2 is 1.74 bits per heavy atom. The maximum absolute atomic E-state index is 12.0. The van der Waals surface area contributed by atoms with Crippen LogP contribution < -0.4 is 10.6 Å². The zero-order valence-corrected chi connectivity index (χ0v) is 9.74. The van der Waals surface area contributed by atoms with Crippen LogP contribution >= 0.6 is 0 Å². The molecule has 1 aromatic carbocycles. The second kappa shape index (κ2) is 6.39. The molecule has 1 aromatic rings. The first-order valence-corrected chi connectivity index (χ1v) is 5.34. The Hall–Kier alpha value is -1.80. The second-order valence-corrected chi connectivity index (χ2v) is 3.75. The lowest BCUT2D eigenvalue weighted by molar-refractivity contribution is -0.167. The van der Waals surface area contributed by atoms with E-state index >= 15 is 0 Å². The molecule has 0 aliphatic heterocycles. The van der Waals surface area contributed by atoms with Gasteiger partial charge in [0.1, 0.15) is 0 Å². The molecule has 1 rings (SSSR count). The van der Waals surface area contributed by atoms with Gasteiger partial charge in [-0.25, -0.2) is 0 Å². The maximum atomic E-state index is 12.0. The first kappa shape index (κ1) is 15.3. The van der Waals surface area contributed by atoms with Crippen molar-refractivity contribution in [2.45, 2.75) is 12.3 Å². The summed E-state index contributed by atoms with van der Waals surface area (Å²) in [7, 11) is 0. The number of aliphatic hydroxyl groups is 2. The highest BCUT2D eigenvalue weighted by Crippen LogP contribution is 2.19. The third-order valence-electron chi connectivity index (χ3n) is 2.15. The third-order valence-corrected chi connectivity index (χ3v) is 2.15. The molecule has 0 aliphatic rings. The molecule has 0 spiro atoms. The average molecular weight is 278 g/mol. The Balaban J connectivity index is 2.55. The highest BCUT2D eigenvalue weighted by Gasteiger charge is 2.38. The standard InChI is InChI=1S/C11H13F3N2O3/c12-11(13,14)10(19)16-8-3-1-7(2-4-8)15-5-9(18)6-17/h1-4,9,15,17-18H,5-6H2,(H,16,19). The van der Waals surface area contributed by atoms with Crippen LogP contribution in [-0.2, 0) is 4.79 Å². The quantitative estimate of drug-likeness (QED) is 0.646. The number of hydrogen-bond donors (Lipinski definition) is 4. The summed E-state index contributed by atoms with van der Waals surface area (Å²) in [6.07, 6.45) is -5.85. The molecule has 0 heterocycles. The van der Waals surface area contributed by atoms with Gasteiger partial charge in [-0.2, -0.15) is 13.2 Å². The van der Waals surface area contributed by atoms with Crippen molar-refractivity contribution in [3.05, 3.63) is 24.3 Å². The van der Waals surface area contributed by atoms with Gasteiger partial charge < -0.3 is 20.8 Å². The number of alkyl halides is 3. The number of carbonyl (C=O) groups is 1. The Morgan fingerprint density at radius 1 is 1.21 bits per heavy atom. The summed E-state index contributed by atoms with van der Waals surface area (Å²) in [5.41, 5.74) is 0.549. The van der Waals surface area contributed by atoms with Crippen molar-refractivity contribution >= 4 is 17.3 Å². The van der Waals surface area contributed by atoms with E-state index in [4.69, 9.17) is 10.2 Å². The van der Waals surface area contributed by atoms with E-state index in [1.54, 1.807) is 5.32 Å². The van der Waals surface area contributed by atoms with E-state index in [0.717, 1.165) is 0 Å². The smallest absolute Gasteiger partial charge is 0.394 e. The van der Waals surface area contributed by atoms with Crippen LogP contribution in [0.4, 0.5) is 24.5 Å². The minimum atomic E-state index is -4.93. The number of nitrogens with one attached hydrogen (secondary N) is 2. The van der Waals surface area contributed by atoms with E-state index in [-0.39, 0.29) is 12.2 Å². The van der Waals surface area contributed by atoms with Crippen molar-refractivity contribution < 1.29 is 28.2 Å². The maximum Gasteiger partial charge on any atom is 0.471 e. The number of carbonyl (C=O) groups excluding carboxylic acids is 1. The highest BCUT2D eigenvalue weighted by atomic mass is 19.4. The summed E-state index contributed by atoms with van der Waals surface area (Å²) < 4.78 is 36.0.